The Bertz CT molecular complexity index is 747. The standard InChI is InChI=1S/C18H16ClFN2O2/c19-14-3-1-13(2-4-14)18(24)21-10-12-9-17(23)22(11-12)16-7-5-15(20)6-8-16/h1-8,12H,9-11H2,(H,21,24). The summed E-state index contributed by atoms with van der Waals surface area (Å²) in [6.45, 7) is 0.913. The van der Waals surface area contributed by atoms with Crippen LogP contribution in [-0.2, 0) is 4.79 Å². The lowest BCUT2D eigenvalue weighted by Crippen LogP contribution is -2.31. The molecule has 124 valence electrons. The third-order valence-corrected chi connectivity index (χ3v) is 4.25. The second kappa shape index (κ2) is 7.01. The quantitative estimate of drug-likeness (QED) is 0.923. The van der Waals surface area contributed by atoms with Crippen LogP contribution in [0.4, 0.5) is 10.1 Å². The minimum Gasteiger partial charge on any atom is -0.352 e. The van der Waals surface area contributed by atoms with Gasteiger partial charge in [0.15, 0.2) is 0 Å². The van der Waals surface area contributed by atoms with E-state index in [0.717, 1.165) is 0 Å². The second-order valence-electron chi connectivity index (χ2n) is 5.77. The van der Waals surface area contributed by atoms with Crippen molar-refractivity contribution in [1.29, 1.82) is 0 Å². The molecule has 1 N–H and O–H groups in total. The van der Waals surface area contributed by atoms with Gasteiger partial charge in [0, 0.05) is 41.7 Å². The number of benzene rings is 2. The largest absolute Gasteiger partial charge is 0.352 e. The van der Waals surface area contributed by atoms with E-state index in [1.54, 1.807) is 41.3 Å². The van der Waals surface area contributed by atoms with E-state index in [1.165, 1.54) is 12.1 Å². The molecule has 1 saturated heterocycles. The Hall–Kier alpha value is -2.40. The third kappa shape index (κ3) is 3.74. The summed E-state index contributed by atoms with van der Waals surface area (Å²) in [4.78, 5) is 25.8. The van der Waals surface area contributed by atoms with Gasteiger partial charge in [0.05, 0.1) is 0 Å². The van der Waals surface area contributed by atoms with Crippen molar-refractivity contribution in [3.63, 3.8) is 0 Å². The Morgan fingerprint density at radius 1 is 1.17 bits per heavy atom. The normalized spacial score (nSPS) is 17.2. The molecule has 2 amide bonds. The highest BCUT2D eigenvalue weighted by Gasteiger charge is 2.30. The summed E-state index contributed by atoms with van der Waals surface area (Å²) in [7, 11) is 0. The van der Waals surface area contributed by atoms with Crippen LogP contribution in [0.5, 0.6) is 0 Å². The molecule has 2 aromatic carbocycles. The molecule has 24 heavy (non-hydrogen) atoms. The first-order valence-corrected chi connectivity index (χ1v) is 8.00. The smallest absolute Gasteiger partial charge is 0.251 e. The molecular formula is C18H16ClFN2O2. The fraction of sp³-hybridized carbons (Fsp3) is 0.222. The average Bonchev–Trinajstić information content (AvgIpc) is 2.95. The van der Waals surface area contributed by atoms with Crippen LogP contribution >= 0.6 is 11.6 Å². The zero-order valence-electron chi connectivity index (χ0n) is 12.8. The van der Waals surface area contributed by atoms with Crippen LogP contribution in [0.15, 0.2) is 48.5 Å². The number of carbonyl (C=O) groups excluding carboxylic acids is 2. The van der Waals surface area contributed by atoms with E-state index in [2.05, 4.69) is 5.32 Å². The summed E-state index contributed by atoms with van der Waals surface area (Å²) in [5, 5.41) is 3.41. The molecule has 4 nitrogen and oxygen atoms in total. The second-order valence-corrected chi connectivity index (χ2v) is 6.20. The highest BCUT2D eigenvalue weighted by molar-refractivity contribution is 6.30. The maximum absolute atomic E-state index is 13.0. The van der Waals surface area contributed by atoms with Gasteiger partial charge in [0.2, 0.25) is 5.91 Å². The van der Waals surface area contributed by atoms with Crippen LogP contribution in [0, 0.1) is 11.7 Å². The van der Waals surface area contributed by atoms with Gasteiger partial charge in [-0.1, -0.05) is 11.6 Å². The summed E-state index contributed by atoms with van der Waals surface area (Å²) in [5.74, 6) is -0.525. The van der Waals surface area contributed by atoms with E-state index in [-0.39, 0.29) is 23.5 Å². The highest BCUT2D eigenvalue weighted by Crippen LogP contribution is 2.25. The Morgan fingerprint density at radius 3 is 2.50 bits per heavy atom. The van der Waals surface area contributed by atoms with Gasteiger partial charge in [-0.3, -0.25) is 9.59 Å². The van der Waals surface area contributed by atoms with Crippen molar-refractivity contribution in [2.24, 2.45) is 5.92 Å². The van der Waals surface area contributed by atoms with Gasteiger partial charge >= 0.3 is 0 Å². The van der Waals surface area contributed by atoms with Crippen LogP contribution in [0.2, 0.25) is 5.02 Å². The Labute approximate surface area is 144 Å². The van der Waals surface area contributed by atoms with Crippen molar-refractivity contribution in [1.82, 2.24) is 5.32 Å². The fourth-order valence-electron chi connectivity index (χ4n) is 2.73. The van der Waals surface area contributed by atoms with Crippen LogP contribution in [-0.4, -0.2) is 24.9 Å². The van der Waals surface area contributed by atoms with Crippen molar-refractivity contribution in [3.05, 3.63) is 64.9 Å². The fourth-order valence-corrected chi connectivity index (χ4v) is 2.86. The lowest BCUT2D eigenvalue weighted by molar-refractivity contribution is -0.117. The van der Waals surface area contributed by atoms with E-state index in [1.807, 2.05) is 0 Å². The topological polar surface area (TPSA) is 49.4 Å². The van der Waals surface area contributed by atoms with Gasteiger partial charge < -0.3 is 10.2 Å². The predicted molar refractivity (Wildman–Crippen MR) is 90.6 cm³/mol. The zero-order chi connectivity index (χ0) is 17.1. The zero-order valence-corrected chi connectivity index (χ0v) is 13.6. The van der Waals surface area contributed by atoms with E-state index in [0.29, 0.717) is 35.8 Å². The third-order valence-electron chi connectivity index (χ3n) is 4.00. The van der Waals surface area contributed by atoms with E-state index < -0.39 is 0 Å². The van der Waals surface area contributed by atoms with Crippen molar-refractivity contribution < 1.29 is 14.0 Å². The van der Waals surface area contributed by atoms with Gasteiger partial charge in [-0.05, 0) is 48.5 Å². The van der Waals surface area contributed by atoms with E-state index >= 15 is 0 Å². The SMILES string of the molecule is O=C(NCC1CC(=O)N(c2ccc(F)cc2)C1)c1ccc(Cl)cc1. The van der Waals surface area contributed by atoms with Crippen molar-refractivity contribution >= 4 is 29.1 Å². The average molecular weight is 347 g/mol. The number of hydrogen-bond donors (Lipinski definition) is 1. The molecule has 0 aliphatic carbocycles. The van der Waals surface area contributed by atoms with Crippen LogP contribution in [0.1, 0.15) is 16.8 Å². The van der Waals surface area contributed by atoms with E-state index in [9.17, 15) is 14.0 Å². The van der Waals surface area contributed by atoms with Crippen molar-refractivity contribution in [3.8, 4) is 0 Å². The Balaban J connectivity index is 1.57. The van der Waals surface area contributed by atoms with Gasteiger partial charge in [0.25, 0.3) is 5.91 Å². The summed E-state index contributed by atoms with van der Waals surface area (Å²) < 4.78 is 13.0. The molecule has 0 aromatic heterocycles. The van der Waals surface area contributed by atoms with Crippen LogP contribution in [0.3, 0.4) is 0 Å². The molecule has 0 bridgehead atoms. The first kappa shape index (κ1) is 16.5. The van der Waals surface area contributed by atoms with Crippen molar-refractivity contribution in [2.45, 2.75) is 6.42 Å². The number of hydrogen-bond acceptors (Lipinski definition) is 2. The first-order chi connectivity index (χ1) is 11.5. The molecule has 0 saturated carbocycles. The molecule has 1 fully saturated rings. The molecule has 3 rings (SSSR count). The summed E-state index contributed by atoms with van der Waals surface area (Å²) >= 11 is 5.80. The van der Waals surface area contributed by atoms with E-state index in [4.69, 9.17) is 11.6 Å². The van der Waals surface area contributed by atoms with Crippen LogP contribution in [0.25, 0.3) is 0 Å². The maximum atomic E-state index is 13.0. The molecule has 0 spiro atoms. The lowest BCUT2D eigenvalue weighted by Gasteiger charge is -2.17. The lowest BCUT2D eigenvalue weighted by atomic mass is 10.1. The minimum absolute atomic E-state index is 0.0210. The van der Waals surface area contributed by atoms with Gasteiger partial charge in [0.1, 0.15) is 5.82 Å². The Kier molecular flexibility index (Phi) is 4.81. The molecule has 0 radical (unpaired) electrons. The number of halogens is 2. The molecule has 1 aliphatic rings. The number of carbonyl (C=O) groups is 2. The van der Waals surface area contributed by atoms with Crippen LogP contribution < -0.4 is 10.2 Å². The van der Waals surface area contributed by atoms with Gasteiger partial charge in [-0.2, -0.15) is 0 Å². The molecule has 1 heterocycles. The number of nitrogens with zero attached hydrogens (tertiary/aromatic N) is 1. The number of rotatable bonds is 4. The monoisotopic (exact) mass is 346 g/mol. The number of amides is 2. The molecular weight excluding hydrogens is 331 g/mol. The molecule has 2 aromatic rings. The number of nitrogens with one attached hydrogen (secondary N) is 1. The first-order valence-electron chi connectivity index (χ1n) is 7.62. The Morgan fingerprint density at radius 2 is 1.83 bits per heavy atom. The molecule has 6 heteroatoms. The maximum Gasteiger partial charge on any atom is 0.251 e. The molecule has 1 aliphatic heterocycles. The summed E-state index contributed by atoms with van der Waals surface area (Å²) in [5.41, 5.74) is 1.20. The van der Waals surface area contributed by atoms with Gasteiger partial charge in [-0.25, -0.2) is 4.39 Å². The van der Waals surface area contributed by atoms with Crippen molar-refractivity contribution in [2.75, 3.05) is 18.0 Å². The number of anilines is 1. The predicted octanol–water partition coefficient (Wildman–Crippen LogP) is 3.26. The summed E-state index contributed by atoms with van der Waals surface area (Å²) in [6, 6.07) is 12.5. The molecule has 1 unspecified atom stereocenters. The minimum atomic E-state index is -0.336. The summed E-state index contributed by atoms with van der Waals surface area (Å²) in [6.07, 6.45) is 0.359. The highest BCUT2D eigenvalue weighted by atomic mass is 35.5. The van der Waals surface area contributed by atoms with Gasteiger partial charge in [-0.15, -0.1) is 0 Å². The molecule has 1 atom stereocenters.